The van der Waals surface area contributed by atoms with Crippen molar-refractivity contribution in [2.45, 2.75) is 32.2 Å². The number of esters is 1. The van der Waals surface area contributed by atoms with Crippen LogP contribution in [0, 0.1) is 11.7 Å². The van der Waals surface area contributed by atoms with Gasteiger partial charge in [-0.3, -0.25) is 19.3 Å². The van der Waals surface area contributed by atoms with Gasteiger partial charge in [0.2, 0.25) is 5.91 Å². The highest BCUT2D eigenvalue weighted by atomic mass is 19.1. The number of hydrogen-bond acceptors (Lipinski definition) is 5. The van der Waals surface area contributed by atoms with E-state index in [1.807, 2.05) is 4.90 Å². The molecule has 2 amide bonds. The molecular weight excluding hydrogens is 327 g/mol. The van der Waals surface area contributed by atoms with E-state index in [2.05, 4.69) is 0 Å². The van der Waals surface area contributed by atoms with Crippen molar-refractivity contribution in [3.8, 4) is 0 Å². The maximum absolute atomic E-state index is 13.1. The number of benzene rings is 1. The Hall–Kier alpha value is -2.28. The van der Waals surface area contributed by atoms with E-state index in [9.17, 15) is 18.8 Å². The summed E-state index contributed by atoms with van der Waals surface area (Å²) < 4.78 is 18.2. The molecule has 0 aromatic heterocycles. The van der Waals surface area contributed by atoms with Gasteiger partial charge in [0, 0.05) is 6.54 Å². The first kappa shape index (κ1) is 17.5. The van der Waals surface area contributed by atoms with Crippen molar-refractivity contribution < 1.29 is 23.5 Å². The zero-order valence-corrected chi connectivity index (χ0v) is 14.1. The van der Waals surface area contributed by atoms with Gasteiger partial charge in [0.15, 0.2) is 0 Å². The van der Waals surface area contributed by atoms with Crippen LogP contribution in [0.2, 0.25) is 0 Å². The molecule has 0 bridgehead atoms. The third-order valence-electron chi connectivity index (χ3n) is 4.72. The van der Waals surface area contributed by atoms with E-state index in [1.54, 1.807) is 6.92 Å². The summed E-state index contributed by atoms with van der Waals surface area (Å²) in [6, 6.07) is 4.72. The number of hydrogen-bond donors (Lipinski definition) is 0. The van der Waals surface area contributed by atoms with Crippen molar-refractivity contribution in [1.82, 2.24) is 4.90 Å². The van der Waals surface area contributed by atoms with Gasteiger partial charge >= 0.3 is 5.97 Å². The number of piperidine rings is 1. The zero-order valence-electron chi connectivity index (χ0n) is 14.1. The largest absolute Gasteiger partial charge is 0.466 e. The first-order valence-corrected chi connectivity index (χ1v) is 8.54. The Labute approximate surface area is 145 Å². The summed E-state index contributed by atoms with van der Waals surface area (Å²) in [7, 11) is 0. The van der Waals surface area contributed by atoms with Crippen LogP contribution >= 0.6 is 0 Å². The summed E-state index contributed by atoms with van der Waals surface area (Å²) >= 11 is 0. The Morgan fingerprint density at radius 3 is 2.68 bits per heavy atom. The second-order valence-electron chi connectivity index (χ2n) is 6.35. The lowest BCUT2D eigenvalue weighted by molar-refractivity contribution is -0.150. The minimum absolute atomic E-state index is 0.0752. The van der Waals surface area contributed by atoms with E-state index in [1.165, 1.54) is 24.3 Å². The number of rotatable bonds is 4. The number of amides is 2. The molecule has 0 radical (unpaired) electrons. The Morgan fingerprint density at radius 2 is 2.00 bits per heavy atom. The molecule has 1 aromatic rings. The Balaban J connectivity index is 1.73. The van der Waals surface area contributed by atoms with E-state index in [0.717, 1.165) is 17.7 Å². The van der Waals surface area contributed by atoms with E-state index < -0.39 is 11.9 Å². The molecule has 0 N–H and O–H groups in total. The summed E-state index contributed by atoms with van der Waals surface area (Å²) in [4.78, 5) is 40.1. The molecule has 0 aliphatic carbocycles. The van der Waals surface area contributed by atoms with Gasteiger partial charge in [-0.15, -0.1) is 0 Å². The van der Waals surface area contributed by atoms with Crippen molar-refractivity contribution in [2.24, 2.45) is 5.92 Å². The topological polar surface area (TPSA) is 66.9 Å². The first-order valence-electron chi connectivity index (χ1n) is 8.54. The summed E-state index contributed by atoms with van der Waals surface area (Å²) in [6.07, 6.45) is 1.58. The second kappa shape index (κ2) is 7.31. The van der Waals surface area contributed by atoms with Crippen LogP contribution < -0.4 is 4.90 Å². The molecule has 2 aliphatic rings. The number of nitrogens with zero attached hydrogens (tertiary/aromatic N) is 2. The predicted octanol–water partition coefficient (Wildman–Crippen LogP) is 1.73. The van der Waals surface area contributed by atoms with Gasteiger partial charge in [-0.2, -0.15) is 0 Å². The highest BCUT2D eigenvalue weighted by Crippen LogP contribution is 2.29. The zero-order chi connectivity index (χ0) is 18.0. The van der Waals surface area contributed by atoms with Crippen LogP contribution in [0.3, 0.4) is 0 Å². The highest BCUT2D eigenvalue weighted by Gasteiger charge is 2.44. The van der Waals surface area contributed by atoms with Crippen molar-refractivity contribution >= 4 is 23.5 Å². The molecule has 2 fully saturated rings. The van der Waals surface area contributed by atoms with Crippen LogP contribution in [0.25, 0.3) is 0 Å². The van der Waals surface area contributed by atoms with E-state index in [4.69, 9.17) is 4.74 Å². The molecule has 0 spiro atoms. The summed E-state index contributed by atoms with van der Waals surface area (Å²) in [5.41, 5.74) is 0.373. The van der Waals surface area contributed by atoms with E-state index >= 15 is 0 Å². The van der Waals surface area contributed by atoms with Crippen molar-refractivity contribution in [2.75, 3.05) is 24.6 Å². The Kier molecular flexibility index (Phi) is 5.13. The van der Waals surface area contributed by atoms with Crippen molar-refractivity contribution in [3.63, 3.8) is 0 Å². The molecule has 0 saturated carbocycles. The molecule has 1 aromatic carbocycles. The average molecular weight is 348 g/mol. The third kappa shape index (κ3) is 3.56. The molecule has 3 rings (SSSR count). The van der Waals surface area contributed by atoms with Gasteiger partial charge < -0.3 is 4.74 Å². The van der Waals surface area contributed by atoms with Crippen LogP contribution in [-0.2, 0) is 19.1 Å². The van der Waals surface area contributed by atoms with Crippen LogP contribution in [0.5, 0.6) is 0 Å². The van der Waals surface area contributed by atoms with Crippen LogP contribution in [0.1, 0.15) is 26.2 Å². The molecule has 6 nitrogen and oxygen atoms in total. The number of ether oxygens (including phenoxy) is 1. The number of anilines is 1. The molecule has 134 valence electrons. The maximum Gasteiger partial charge on any atom is 0.310 e. The normalized spacial score (nSPS) is 24.6. The Morgan fingerprint density at radius 1 is 1.28 bits per heavy atom. The lowest BCUT2D eigenvalue weighted by Crippen LogP contribution is -2.48. The number of imide groups is 1. The highest BCUT2D eigenvalue weighted by molar-refractivity contribution is 6.22. The first-order chi connectivity index (χ1) is 12.0. The fourth-order valence-electron chi connectivity index (χ4n) is 3.50. The van der Waals surface area contributed by atoms with Gasteiger partial charge in [-0.1, -0.05) is 0 Å². The average Bonchev–Trinajstić information content (AvgIpc) is 2.91. The molecule has 2 unspecified atom stereocenters. The second-order valence-corrected chi connectivity index (χ2v) is 6.35. The third-order valence-corrected chi connectivity index (χ3v) is 4.72. The van der Waals surface area contributed by atoms with Gasteiger partial charge in [0.05, 0.1) is 30.7 Å². The standard InChI is InChI=1S/C18H21FN2O4/c1-2-25-18(24)12-4-3-9-20(11-12)15-10-16(22)21(17(15)23)14-7-5-13(19)6-8-14/h5-8,12,15H,2-4,9-11H2,1H3. The van der Waals surface area contributed by atoms with Gasteiger partial charge in [0.25, 0.3) is 5.91 Å². The smallest absolute Gasteiger partial charge is 0.310 e. The van der Waals surface area contributed by atoms with Crippen molar-refractivity contribution in [3.05, 3.63) is 30.1 Å². The quantitative estimate of drug-likeness (QED) is 0.612. The lowest BCUT2D eigenvalue weighted by atomic mass is 9.96. The minimum Gasteiger partial charge on any atom is -0.466 e. The molecule has 7 heteroatoms. The van der Waals surface area contributed by atoms with Crippen molar-refractivity contribution in [1.29, 1.82) is 0 Å². The van der Waals surface area contributed by atoms with E-state index in [0.29, 0.717) is 25.4 Å². The Bertz CT molecular complexity index is 676. The molecule has 2 aliphatic heterocycles. The van der Waals surface area contributed by atoms with Crippen LogP contribution in [0.4, 0.5) is 10.1 Å². The van der Waals surface area contributed by atoms with Gasteiger partial charge in [-0.25, -0.2) is 9.29 Å². The fraction of sp³-hybridized carbons (Fsp3) is 0.500. The summed E-state index contributed by atoms with van der Waals surface area (Å²) in [5, 5.41) is 0. The maximum atomic E-state index is 13.1. The monoisotopic (exact) mass is 348 g/mol. The molecule has 2 atom stereocenters. The molecule has 25 heavy (non-hydrogen) atoms. The van der Waals surface area contributed by atoms with Gasteiger partial charge in [0.1, 0.15) is 5.82 Å². The SMILES string of the molecule is CCOC(=O)C1CCCN(C2CC(=O)N(c3ccc(F)cc3)C2=O)C1. The van der Waals surface area contributed by atoms with E-state index in [-0.39, 0.29) is 30.1 Å². The van der Waals surface area contributed by atoms with Gasteiger partial charge in [-0.05, 0) is 50.6 Å². The number of carbonyl (C=O) groups excluding carboxylic acids is 3. The predicted molar refractivity (Wildman–Crippen MR) is 88.2 cm³/mol. The number of halogens is 1. The summed E-state index contributed by atoms with van der Waals surface area (Å²) in [5.74, 6) is -1.57. The number of carbonyl (C=O) groups is 3. The number of likely N-dealkylation sites (tertiary alicyclic amines) is 1. The summed E-state index contributed by atoms with van der Waals surface area (Å²) in [6.45, 7) is 3.17. The van der Waals surface area contributed by atoms with Crippen LogP contribution in [-0.4, -0.2) is 48.4 Å². The molecule has 2 saturated heterocycles. The van der Waals surface area contributed by atoms with Crippen LogP contribution in [0.15, 0.2) is 24.3 Å². The molecular formula is C18H21FN2O4. The molecule has 2 heterocycles. The lowest BCUT2D eigenvalue weighted by Gasteiger charge is -2.34. The minimum atomic E-state index is -0.574. The fourth-order valence-corrected chi connectivity index (χ4v) is 3.50.